The average Bonchev–Trinajstić information content (AvgIpc) is 1.80. The summed E-state index contributed by atoms with van der Waals surface area (Å²) < 4.78 is 0. The Morgan fingerprint density at radius 2 is 2.11 bits per heavy atom. The van der Waals surface area contributed by atoms with Crippen LogP contribution in [0.1, 0.15) is 33.1 Å². The van der Waals surface area contributed by atoms with Crippen LogP contribution >= 0.6 is 0 Å². The minimum absolute atomic E-state index is 0.318. The second kappa shape index (κ2) is 5.83. The van der Waals surface area contributed by atoms with Gasteiger partial charge in [0.2, 0.25) is 0 Å². The highest BCUT2D eigenvalue weighted by atomic mass is 14.6. The van der Waals surface area contributed by atoms with E-state index in [4.69, 9.17) is 5.73 Å². The van der Waals surface area contributed by atoms with Gasteiger partial charge in [0.05, 0.1) is 0 Å². The van der Waals surface area contributed by atoms with Crippen LogP contribution in [0.5, 0.6) is 0 Å². The number of unbranched alkanes of at least 4 members (excludes halogenated alkanes) is 1. The van der Waals surface area contributed by atoms with E-state index in [1.807, 2.05) is 6.92 Å². The number of nitrogens with two attached hydrogens (primary N) is 1. The molecule has 0 aliphatic carbocycles. The summed E-state index contributed by atoms with van der Waals surface area (Å²) in [5.41, 5.74) is 5.52. The van der Waals surface area contributed by atoms with Crippen molar-refractivity contribution in [3.8, 4) is 0 Å². The molecular formula is C8H17N. The van der Waals surface area contributed by atoms with Gasteiger partial charge in [0, 0.05) is 6.04 Å². The van der Waals surface area contributed by atoms with Crippen LogP contribution < -0.4 is 5.73 Å². The smallest absolute Gasteiger partial charge is 0.00449 e. The van der Waals surface area contributed by atoms with E-state index in [1.165, 1.54) is 12.8 Å². The van der Waals surface area contributed by atoms with Crippen LogP contribution in [-0.2, 0) is 0 Å². The Bertz CT molecular complexity index is 74.6. The molecule has 0 aromatic carbocycles. The van der Waals surface area contributed by atoms with Gasteiger partial charge in [0.15, 0.2) is 0 Å². The first kappa shape index (κ1) is 8.70. The molecule has 0 heterocycles. The van der Waals surface area contributed by atoms with E-state index in [2.05, 4.69) is 19.1 Å². The van der Waals surface area contributed by atoms with Gasteiger partial charge in [-0.2, -0.15) is 0 Å². The molecule has 1 nitrogen and oxygen atoms in total. The fraction of sp³-hybridized carbons (Fsp3) is 0.750. The standard InChI is InChI=1S/C8H17N/c1-3-4-5-6-7-8(2)9/h5-6,8H,3-4,7,9H2,1-2H3/b6-5+/t8-/m0/s1. The zero-order valence-electron chi connectivity index (χ0n) is 6.43. The van der Waals surface area contributed by atoms with Crippen LogP contribution in [0.15, 0.2) is 12.2 Å². The van der Waals surface area contributed by atoms with Gasteiger partial charge in [0.1, 0.15) is 0 Å². The molecule has 0 amide bonds. The lowest BCUT2D eigenvalue weighted by molar-refractivity contribution is 0.754. The number of rotatable bonds is 4. The number of hydrogen-bond donors (Lipinski definition) is 1. The van der Waals surface area contributed by atoms with Crippen molar-refractivity contribution < 1.29 is 0 Å². The summed E-state index contributed by atoms with van der Waals surface area (Å²) in [7, 11) is 0. The maximum absolute atomic E-state index is 5.52. The molecule has 0 saturated carbocycles. The quantitative estimate of drug-likeness (QED) is 0.575. The van der Waals surface area contributed by atoms with Crippen LogP contribution in [0, 0.1) is 0 Å². The topological polar surface area (TPSA) is 26.0 Å². The summed E-state index contributed by atoms with van der Waals surface area (Å²) in [5, 5.41) is 0. The summed E-state index contributed by atoms with van der Waals surface area (Å²) in [6.07, 6.45) is 7.79. The van der Waals surface area contributed by atoms with Crippen LogP contribution in [-0.4, -0.2) is 6.04 Å². The average molecular weight is 127 g/mol. The van der Waals surface area contributed by atoms with Crippen LogP contribution in [0.25, 0.3) is 0 Å². The van der Waals surface area contributed by atoms with Crippen molar-refractivity contribution in [2.45, 2.75) is 39.2 Å². The Morgan fingerprint density at radius 3 is 2.56 bits per heavy atom. The third-order valence-electron chi connectivity index (χ3n) is 1.13. The minimum Gasteiger partial charge on any atom is -0.328 e. The molecule has 0 rings (SSSR count). The van der Waals surface area contributed by atoms with Crippen molar-refractivity contribution in [3.63, 3.8) is 0 Å². The summed E-state index contributed by atoms with van der Waals surface area (Å²) in [4.78, 5) is 0. The fourth-order valence-corrected chi connectivity index (χ4v) is 0.595. The minimum atomic E-state index is 0.318. The predicted molar refractivity (Wildman–Crippen MR) is 42.3 cm³/mol. The Kier molecular flexibility index (Phi) is 5.64. The van der Waals surface area contributed by atoms with Gasteiger partial charge < -0.3 is 5.73 Å². The number of hydrogen-bond acceptors (Lipinski definition) is 1. The molecule has 0 spiro atoms. The summed E-state index contributed by atoms with van der Waals surface area (Å²) in [6, 6.07) is 0.318. The molecule has 0 aromatic heterocycles. The van der Waals surface area contributed by atoms with Crippen molar-refractivity contribution in [2.75, 3.05) is 0 Å². The zero-order valence-corrected chi connectivity index (χ0v) is 6.43. The third-order valence-corrected chi connectivity index (χ3v) is 1.13. The van der Waals surface area contributed by atoms with Crippen LogP contribution in [0.2, 0.25) is 0 Å². The van der Waals surface area contributed by atoms with Crippen molar-refractivity contribution in [1.82, 2.24) is 0 Å². The molecule has 1 heteroatoms. The molecule has 0 fully saturated rings. The summed E-state index contributed by atoms with van der Waals surface area (Å²) >= 11 is 0. The van der Waals surface area contributed by atoms with Crippen LogP contribution in [0.4, 0.5) is 0 Å². The zero-order chi connectivity index (χ0) is 7.11. The molecule has 0 saturated heterocycles. The first-order valence-electron chi connectivity index (χ1n) is 3.68. The predicted octanol–water partition coefficient (Wildman–Crippen LogP) is 2.08. The molecule has 0 bridgehead atoms. The lowest BCUT2D eigenvalue weighted by atomic mass is 10.2. The molecule has 0 aliphatic heterocycles. The van der Waals surface area contributed by atoms with E-state index in [9.17, 15) is 0 Å². The van der Waals surface area contributed by atoms with Gasteiger partial charge in [-0.15, -0.1) is 0 Å². The van der Waals surface area contributed by atoms with Gasteiger partial charge in [-0.25, -0.2) is 0 Å². The lowest BCUT2D eigenvalue weighted by Gasteiger charge is -1.96. The van der Waals surface area contributed by atoms with E-state index < -0.39 is 0 Å². The lowest BCUT2D eigenvalue weighted by Crippen LogP contribution is -2.12. The second-order valence-corrected chi connectivity index (χ2v) is 2.47. The monoisotopic (exact) mass is 127 g/mol. The largest absolute Gasteiger partial charge is 0.328 e. The maximum atomic E-state index is 5.52. The first-order valence-corrected chi connectivity index (χ1v) is 3.68. The Hall–Kier alpha value is -0.300. The van der Waals surface area contributed by atoms with Crippen molar-refractivity contribution in [1.29, 1.82) is 0 Å². The van der Waals surface area contributed by atoms with E-state index >= 15 is 0 Å². The van der Waals surface area contributed by atoms with E-state index in [0.717, 1.165) is 6.42 Å². The Balaban J connectivity index is 3.04. The van der Waals surface area contributed by atoms with Gasteiger partial charge in [-0.05, 0) is 19.8 Å². The first-order chi connectivity index (χ1) is 4.27. The Labute approximate surface area is 57.9 Å². The Morgan fingerprint density at radius 1 is 1.44 bits per heavy atom. The molecule has 0 aromatic rings. The third kappa shape index (κ3) is 7.70. The van der Waals surface area contributed by atoms with Gasteiger partial charge in [0.25, 0.3) is 0 Å². The van der Waals surface area contributed by atoms with Crippen molar-refractivity contribution in [2.24, 2.45) is 5.73 Å². The highest BCUT2D eigenvalue weighted by Crippen LogP contribution is 1.92. The van der Waals surface area contributed by atoms with Crippen molar-refractivity contribution >= 4 is 0 Å². The SMILES string of the molecule is CCC/C=C/C[C@H](C)N. The highest BCUT2D eigenvalue weighted by Gasteiger charge is 1.85. The molecule has 9 heavy (non-hydrogen) atoms. The fourth-order valence-electron chi connectivity index (χ4n) is 0.595. The van der Waals surface area contributed by atoms with E-state index in [1.54, 1.807) is 0 Å². The number of allylic oxidation sites excluding steroid dienone is 1. The van der Waals surface area contributed by atoms with Gasteiger partial charge in [-0.3, -0.25) is 0 Å². The molecule has 0 aliphatic rings. The van der Waals surface area contributed by atoms with Crippen molar-refractivity contribution in [3.05, 3.63) is 12.2 Å². The molecule has 0 unspecified atom stereocenters. The molecule has 0 radical (unpaired) electrons. The van der Waals surface area contributed by atoms with Gasteiger partial charge in [-0.1, -0.05) is 25.5 Å². The normalized spacial score (nSPS) is 14.6. The molecular weight excluding hydrogens is 110 g/mol. The summed E-state index contributed by atoms with van der Waals surface area (Å²) in [6.45, 7) is 4.20. The maximum Gasteiger partial charge on any atom is 0.00449 e. The van der Waals surface area contributed by atoms with E-state index in [0.29, 0.717) is 6.04 Å². The van der Waals surface area contributed by atoms with E-state index in [-0.39, 0.29) is 0 Å². The second-order valence-electron chi connectivity index (χ2n) is 2.47. The highest BCUT2D eigenvalue weighted by molar-refractivity contribution is 4.83. The molecule has 54 valence electrons. The molecule has 2 N–H and O–H groups in total. The van der Waals surface area contributed by atoms with Gasteiger partial charge >= 0.3 is 0 Å². The summed E-state index contributed by atoms with van der Waals surface area (Å²) in [5.74, 6) is 0. The van der Waals surface area contributed by atoms with Crippen LogP contribution in [0.3, 0.4) is 0 Å². The molecule has 1 atom stereocenters.